The van der Waals surface area contributed by atoms with Crippen molar-refractivity contribution in [2.24, 2.45) is 0 Å². The first kappa shape index (κ1) is 27.1. The van der Waals surface area contributed by atoms with Gasteiger partial charge in [0.15, 0.2) is 0 Å². The molecule has 0 bridgehead atoms. The fourth-order valence-corrected chi connectivity index (χ4v) is 8.45. The molecule has 0 radical (unpaired) electrons. The molecule has 154 valence electrons. The van der Waals surface area contributed by atoms with Crippen molar-refractivity contribution in [3.05, 3.63) is 44.7 Å². The highest BCUT2D eigenvalue weighted by atomic mass is 79.9. The van der Waals surface area contributed by atoms with Gasteiger partial charge in [0.1, 0.15) is 11.5 Å². The summed E-state index contributed by atoms with van der Waals surface area (Å²) < 4.78 is 20.7. The monoisotopic (exact) mass is 1020 g/mol. The van der Waals surface area contributed by atoms with E-state index in [1.165, 1.54) is 0 Å². The highest BCUT2D eigenvalue weighted by Crippen LogP contribution is 2.49. The lowest BCUT2D eigenvalue weighted by atomic mass is 10.3. The van der Waals surface area contributed by atoms with Crippen molar-refractivity contribution >= 4 is 159 Å². The van der Waals surface area contributed by atoms with Gasteiger partial charge in [-0.2, -0.15) is 0 Å². The molecule has 0 N–H and O–H groups in total. The normalized spacial score (nSPS) is 11.1. The molecule has 0 aliphatic carbocycles. The maximum absolute atomic E-state index is 5.97. The number of rotatable bonds is 7. The van der Waals surface area contributed by atoms with Gasteiger partial charge in [0.2, 0.25) is 0 Å². The molecule has 0 heterocycles. The topological polar surface area (TPSA) is 18.5 Å². The predicted molar refractivity (Wildman–Crippen MR) is 150 cm³/mol. The molecule has 12 heteroatoms. The molecule has 0 saturated heterocycles. The third-order valence-corrected chi connectivity index (χ3v) is 15.4. The van der Waals surface area contributed by atoms with Gasteiger partial charge in [-0.15, -0.1) is 0 Å². The summed E-state index contributed by atoms with van der Waals surface area (Å²) in [5, 5.41) is 0. The molecule has 0 aliphatic heterocycles. The average molecular weight is 1030 g/mol. The third kappa shape index (κ3) is 6.24. The van der Waals surface area contributed by atoms with Gasteiger partial charge in [0.25, 0.3) is 0 Å². The molecule has 2 rings (SSSR count). The summed E-state index contributed by atoms with van der Waals surface area (Å²) >= 11 is 35.5. The Balaban J connectivity index is 1.93. The third-order valence-electron chi connectivity index (χ3n) is 3.37. The van der Waals surface area contributed by atoms with Gasteiger partial charge in [-0.25, -0.2) is 0 Å². The van der Waals surface area contributed by atoms with Gasteiger partial charge in [-0.3, -0.25) is 0 Å². The minimum Gasteiger partial charge on any atom is -0.491 e. The van der Waals surface area contributed by atoms with E-state index < -0.39 is 0 Å². The quantitative estimate of drug-likeness (QED) is 0.156. The molecule has 2 nitrogen and oxygen atoms in total. The molecule has 0 fully saturated rings. The minimum absolute atomic E-state index is 0.567. The fourth-order valence-electron chi connectivity index (χ4n) is 1.98. The Bertz CT molecular complexity index is 768. The summed E-state index contributed by atoms with van der Waals surface area (Å²) in [5.74, 6) is 1.49. The highest BCUT2D eigenvalue weighted by molar-refractivity contribution is 9.16. The van der Waals surface area contributed by atoms with E-state index in [2.05, 4.69) is 159 Å². The molecule has 0 saturated carbocycles. The van der Waals surface area contributed by atoms with Crippen LogP contribution in [0.1, 0.15) is 12.8 Å². The van der Waals surface area contributed by atoms with E-state index in [9.17, 15) is 0 Å². The Kier molecular flexibility index (Phi) is 11.9. The van der Waals surface area contributed by atoms with Crippen molar-refractivity contribution in [2.75, 3.05) is 13.2 Å². The first-order chi connectivity index (χ1) is 13.1. The van der Waals surface area contributed by atoms with Crippen molar-refractivity contribution in [1.82, 2.24) is 0 Å². The molecular weight excluding hydrogens is 1020 g/mol. The zero-order valence-corrected chi connectivity index (χ0v) is 29.3. The van der Waals surface area contributed by atoms with Gasteiger partial charge in [0.05, 0.1) is 49.0 Å². The van der Waals surface area contributed by atoms with Crippen molar-refractivity contribution in [3.63, 3.8) is 0 Å². The van der Waals surface area contributed by atoms with Crippen molar-refractivity contribution in [2.45, 2.75) is 12.8 Å². The molecule has 0 amide bonds. The van der Waals surface area contributed by atoms with E-state index in [0.29, 0.717) is 13.2 Å². The summed E-state index contributed by atoms with van der Waals surface area (Å²) in [6.07, 6.45) is 1.69. The van der Waals surface area contributed by atoms with Gasteiger partial charge < -0.3 is 9.47 Å². The Labute approximate surface area is 247 Å². The number of halogens is 10. The van der Waals surface area contributed by atoms with E-state index in [0.717, 1.165) is 69.1 Å². The second-order valence-electron chi connectivity index (χ2n) is 5.20. The van der Waals surface area contributed by atoms with Crippen LogP contribution in [-0.2, 0) is 0 Å². The van der Waals surface area contributed by atoms with Crippen LogP contribution in [0.5, 0.6) is 11.5 Å². The van der Waals surface area contributed by atoms with Crippen LogP contribution in [0.3, 0.4) is 0 Å². The zero-order valence-electron chi connectivity index (χ0n) is 13.4. The number of unbranched alkanes of at least 4 members (excludes halogenated alkanes) is 1. The van der Waals surface area contributed by atoms with Crippen molar-refractivity contribution in [3.8, 4) is 11.5 Å². The van der Waals surface area contributed by atoms with Crippen LogP contribution in [0.2, 0.25) is 0 Å². The zero-order chi connectivity index (χ0) is 21.2. The lowest BCUT2D eigenvalue weighted by molar-refractivity contribution is 0.263. The minimum atomic E-state index is 0.567. The van der Waals surface area contributed by atoms with E-state index in [4.69, 9.17) is 9.47 Å². The van der Waals surface area contributed by atoms with Gasteiger partial charge in [-0.05, 0) is 172 Å². The molecule has 2 aromatic rings. The van der Waals surface area contributed by atoms with Crippen LogP contribution in [-0.4, -0.2) is 13.2 Å². The Morgan fingerprint density at radius 3 is 0.821 bits per heavy atom. The molecule has 2 aromatic carbocycles. The first-order valence-electron chi connectivity index (χ1n) is 7.38. The molecule has 0 unspecified atom stereocenters. The van der Waals surface area contributed by atoms with E-state index >= 15 is 0 Å². The molecule has 0 spiro atoms. The van der Waals surface area contributed by atoms with Crippen LogP contribution in [0.25, 0.3) is 0 Å². The summed E-state index contributed by atoms with van der Waals surface area (Å²) in [7, 11) is 0. The van der Waals surface area contributed by atoms with E-state index in [1.807, 2.05) is 0 Å². The molecule has 0 aromatic heterocycles. The Morgan fingerprint density at radius 2 is 0.571 bits per heavy atom. The van der Waals surface area contributed by atoms with Gasteiger partial charge in [0, 0.05) is 8.95 Å². The maximum atomic E-state index is 5.97. The number of hydrogen-bond acceptors (Lipinski definition) is 2. The lowest BCUT2D eigenvalue weighted by Crippen LogP contribution is -2.04. The first-order valence-corrected chi connectivity index (χ1v) is 15.3. The van der Waals surface area contributed by atoms with Gasteiger partial charge in [-0.1, -0.05) is 0 Å². The molecule has 28 heavy (non-hydrogen) atoms. The summed E-state index contributed by atoms with van der Waals surface area (Å²) in [4.78, 5) is 0. The predicted octanol–water partition coefficient (Wildman–Crippen LogP) is 11.5. The summed E-state index contributed by atoms with van der Waals surface area (Å²) in [6.45, 7) is 1.13. The average Bonchev–Trinajstić information content (AvgIpc) is 2.68. The number of hydrogen-bond donors (Lipinski definition) is 0. The Morgan fingerprint density at radius 1 is 0.357 bits per heavy atom. The van der Waals surface area contributed by atoms with Crippen LogP contribution in [0.4, 0.5) is 0 Å². The van der Waals surface area contributed by atoms with Crippen molar-refractivity contribution < 1.29 is 9.47 Å². The maximum Gasteiger partial charge on any atom is 0.150 e. The summed E-state index contributed by atoms with van der Waals surface area (Å²) in [5.41, 5.74) is 0. The Hall–Kier alpha value is 2.84. The van der Waals surface area contributed by atoms with Crippen LogP contribution in [0, 0.1) is 0 Å². The van der Waals surface area contributed by atoms with Crippen LogP contribution in [0.15, 0.2) is 44.7 Å². The molecule has 0 atom stereocenters. The number of benzene rings is 2. The highest BCUT2D eigenvalue weighted by Gasteiger charge is 2.20. The molecule has 0 aliphatic rings. The summed E-state index contributed by atoms with van der Waals surface area (Å²) in [6, 6.07) is 0. The van der Waals surface area contributed by atoms with Crippen molar-refractivity contribution in [1.29, 1.82) is 0 Å². The van der Waals surface area contributed by atoms with Crippen LogP contribution < -0.4 is 9.47 Å². The smallest absolute Gasteiger partial charge is 0.150 e. The molecular formula is C16H8Br10O2. The second kappa shape index (κ2) is 12.3. The lowest BCUT2D eigenvalue weighted by Gasteiger charge is -2.16. The van der Waals surface area contributed by atoms with E-state index in [1.54, 1.807) is 0 Å². The van der Waals surface area contributed by atoms with Crippen LogP contribution >= 0.6 is 159 Å². The SMILES string of the molecule is Brc1c(Br)c(Br)c(OCCCCOc2c(Br)c(Br)c(Br)c(Br)c2Br)c(Br)c1Br. The largest absolute Gasteiger partial charge is 0.491 e. The van der Waals surface area contributed by atoms with Gasteiger partial charge >= 0.3 is 0 Å². The van der Waals surface area contributed by atoms with E-state index in [-0.39, 0.29) is 0 Å². The fraction of sp³-hybridized carbons (Fsp3) is 0.250. The number of ether oxygens (including phenoxy) is 2. The standard InChI is InChI=1S/C16H8Br10O2/c17-5-7(19)11(23)15(12(24)8(5)20)27-3-1-2-4-28-16-13(25)9(21)6(18)10(22)14(16)26/h1-4H2. The second-order valence-corrected chi connectivity index (χ2v) is 13.1.